The van der Waals surface area contributed by atoms with Crippen LogP contribution in [0.15, 0.2) is 41.2 Å². The molecule has 0 fully saturated rings. The van der Waals surface area contributed by atoms with E-state index in [0.717, 1.165) is 28.8 Å². The summed E-state index contributed by atoms with van der Waals surface area (Å²) in [6.07, 6.45) is 1.42. The Bertz CT molecular complexity index is 897. The molecule has 0 spiro atoms. The molecule has 1 aliphatic carbocycles. The molecule has 5 nitrogen and oxygen atoms in total. The van der Waals surface area contributed by atoms with Crippen LogP contribution in [-0.2, 0) is 18.4 Å². The lowest BCUT2D eigenvalue weighted by atomic mass is 9.72. The topological polar surface area (TPSA) is 67.2 Å². The molecule has 0 unspecified atom stereocenters. The third-order valence-corrected chi connectivity index (χ3v) is 4.80. The van der Waals surface area contributed by atoms with Gasteiger partial charge in [0.05, 0.1) is 5.69 Å². The first-order chi connectivity index (χ1) is 12.3. The van der Waals surface area contributed by atoms with Crippen LogP contribution in [0.25, 0.3) is 11.3 Å². The quantitative estimate of drug-likeness (QED) is 0.618. The maximum Gasteiger partial charge on any atom is 0.259 e. The van der Waals surface area contributed by atoms with Gasteiger partial charge in [-0.3, -0.25) is 9.36 Å². The third-order valence-electron chi connectivity index (χ3n) is 4.80. The molecule has 2 aromatic rings. The summed E-state index contributed by atoms with van der Waals surface area (Å²) in [5.74, 6) is 0.540. The highest BCUT2D eigenvalue weighted by Crippen LogP contribution is 2.40. The zero-order valence-corrected chi connectivity index (χ0v) is 15.8. The average Bonchev–Trinajstić information content (AvgIpc) is 2.57. The summed E-state index contributed by atoms with van der Waals surface area (Å²) in [5.41, 5.74) is 4.39. The van der Waals surface area contributed by atoms with Gasteiger partial charge in [0, 0.05) is 36.2 Å². The van der Waals surface area contributed by atoms with E-state index in [2.05, 4.69) is 31.8 Å². The van der Waals surface area contributed by atoms with Crippen molar-refractivity contribution >= 4 is 5.95 Å². The number of anilines is 1. The van der Waals surface area contributed by atoms with Gasteiger partial charge in [-0.25, -0.2) is 4.98 Å². The normalized spacial score (nSPS) is 14.5. The van der Waals surface area contributed by atoms with Crippen molar-refractivity contribution in [1.29, 1.82) is 0 Å². The van der Waals surface area contributed by atoms with Crippen LogP contribution in [0.1, 0.15) is 38.3 Å². The molecule has 5 heteroatoms. The summed E-state index contributed by atoms with van der Waals surface area (Å²) in [7, 11) is 0. The number of benzene rings is 1. The van der Waals surface area contributed by atoms with Gasteiger partial charge in [-0.1, -0.05) is 50.3 Å². The predicted octanol–water partition coefficient (Wildman–Crippen LogP) is 3.11. The van der Waals surface area contributed by atoms with Gasteiger partial charge in [0.2, 0.25) is 5.95 Å². The number of rotatable bonds is 6. The lowest BCUT2D eigenvalue weighted by Crippen LogP contribution is -2.39. The van der Waals surface area contributed by atoms with Crippen LogP contribution in [0.5, 0.6) is 0 Å². The smallest absolute Gasteiger partial charge is 0.259 e. The van der Waals surface area contributed by atoms with Crippen LogP contribution in [0.4, 0.5) is 5.95 Å². The van der Waals surface area contributed by atoms with Crippen LogP contribution in [0.2, 0.25) is 0 Å². The number of hydrogen-bond donors (Lipinski definition) is 2. The third kappa shape index (κ3) is 3.31. The molecule has 0 aliphatic heterocycles. The molecular weight excluding hydrogens is 326 g/mol. The van der Waals surface area contributed by atoms with Gasteiger partial charge in [0.25, 0.3) is 5.56 Å². The molecule has 0 saturated heterocycles. The molecular formula is C21H27N3O2. The van der Waals surface area contributed by atoms with Gasteiger partial charge in [-0.15, -0.1) is 0 Å². The van der Waals surface area contributed by atoms with Crippen molar-refractivity contribution in [3.63, 3.8) is 0 Å². The molecule has 3 rings (SSSR count). The first kappa shape index (κ1) is 18.4. The lowest BCUT2D eigenvalue weighted by molar-refractivity contribution is 0.292. The van der Waals surface area contributed by atoms with E-state index in [9.17, 15) is 4.79 Å². The molecule has 0 saturated carbocycles. The fourth-order valence-corrected chi connectivity index (χ4v) is 3.66. The van der Waals surface area contributed by atoms with Gasteiger partial charge >= 0.3 is 0 Å². The number of fused-ring (bicyclic) bond motifs is 3. The lowest BCUT2D eigenvalue weighted by Gasteiger charge is -2.33. The highest BCUT2D eigenvalue weighted by Gasteiger charge is 2.36. The summed E-state index contributed by atoms with van der Waals surface area (Å²) in [4.78, 5) is 18.3. The Labute approximate surface area is 154 Å². The second kappa shape index (κ2) is 7.08. The Morgan fingerprint density at radius 1 is 1.38 bits per heavy atom. The average molecular weight is 353 g/mol. The number of aliphatic hydroxyl groups excluding tert-OH is 1. The molecule has 1 aromatic carbocycles. The van der Waals surface area contributed by atoms with Crippen LogP contribution < -0.4 is 10.9 Å². The van der Waals surface area contributed by atoms with Crippen LogP contribution >= 0.6 is 0 Å². The van der Waals surface area contributed by atoms with Gasteiger partial charge in [0.15, 0.2) is 0 Å². The number of nitrogens with one attached hydrogen (secondary N) is 1. The standard InChI is InChI=1S/C21H27N3O2/c1-14(2)13-24-19(26)17-18(23-20(24)22-10-7-11-25)16-9-6-5-8-15(16)12-21(17,3)4/h5-6,8-9,25H,1,7,10-13H2,2-4H3,(H,22,23). The largest absolute Gasteiger partial charge is 0.396 e. The Morgan fingerprint density at radius 2 is 2.12 bits per heavy atom. The number of aromatic nitrogens is 2. The first-order valence-corrected chi connectivity index (χ1v) is 9.08. The Hall–Kier alpha value is -2.40. The summed E-state index contributed by atoms with van der Waals surface area (Å²) in [6.45, 7) is 11.2. The maximum atomic E-state index is 13.4. The van der Waals surface area contributed by atoms with Crippen molar-refractivity contribution < 1.29 is 5.11 Å². The van der Waals surface area contributed by atoms with E-state index in [0.29, 0.717) is 25.5 Å². The monoisotopic (exact) mass is 353 g/mol. The van der Waals surface area contributed by atoms with Crippen LogP contribution in [0, 0.1) is 0 Å². The molecule has 0 bridgehead atoms. The van der Waals surface area contributed by atoms with Crippen LogP contribution in [0.3, 0.4) is 0 Å². The molecule has 1 heterocycles. The number of allylic oxidation sites excluding steroid dienone is 1. The van der Waals surface area contributed by atoms with Gasteiger partial charge in [0.1, 0.15) is 0 Å². The Morgan fingerprint density at radius 3 is 2.81 bits per heavy atom. The Kier molecular flexibility index (Phi) is 5.01. The molecule has 0 radical (unpaired) electrons. The second-order valence-corrected chi connectivity index (χ2v) is 7.73. The van der Waals surface area contributed by atoms with Crippen LogP contribution in [-0.4, -0.2) is 27.8 Å². The minimum atomic E-state index is -0.284. The van der Waals surface area contributed by atoms with E-state index in [1.807, 2.05) is 25.1 Å². The summed E-state index contributed by atoms with van der Waals surface area (Å²) in [6, 6.07) is 8.17. The van der Waals surface area contributed by atoms with Crippen molar-refractivity contribution in [2.45, 2.75) is 45.6 Å². The molecule has 1 aliphatic rings. The van der Waals surface area contributed by atoms with Gasteiger partial charge in [-0.05, 0) is 25.3 Å². The fourth-order valence-electron chi connectivity index (χ4n) is 3.66. The highest BCUT2D eigenvalue weighted by molar-refractivity contribution is 5.72. The van der Waals surface area contributed by atoms with E-state index >= 15 is 0 Å². The molecule has 138 valence electrons. The van der Waals surface area contributed by atoms with Crippen molar-refractivity contribution in [3.05, 3.63) is 57.9 Å². The molecule has 2 N–H and O–H groups in total. The maximum absolute atomic E-state index is 13.4. The zero-order chi connectivity index (χ0) is 18.9. The Balaban J connectivity index is 2.24. The fraction of sp³-hybridized carbons (Fsp3) is 0.429. The second-order valence-electron chi connectivity index (χ2n) is 7.73. The van der Waals surface area contributed by atoms with E-state index in [-0.39, 0.29) is 17.6 Å². The summed E-state index contributed by atoms with van der Waals surface area (Å²) in [5, 5.41) is 12.3. The van der Waals surface area contributed by atoms with Gasteiger partial charge < -0.3 is 10.4 Å². The van der Waals surface area contributed by atoms with Gasteiger partial charge in [-0.2, -0.15) is 0 Å². The van der Waals surface area contributed by atoms with E-state index in [4.69, 9.17) is 10.1 Å². The highest BCUT2D eigenvalue weighted by atomic mass is 16.3. The van der Waals surface area contributed by atoms with Crippen molar-refractivity contribution in [2.24, 2.45) is 0 Å². The van der Waals surface area contributed by atoms with E-state index in [1.54, 1.807) is 4.57 Å². The molecule has 0 atom stereocenters. The van der Waals surface area contributed by atoms with E-state index < -0.39 is 0 Å². The first-order valence-electron chi connectivity index (χ1n) is 9.08. The summed E-state index contributed by atoms with van der Waals surface area (Å²) < 4.78 is 1.67. The number of aliphatic hydroxyl groups is 1. The molecule has 0 amide bonds. The van der Waals surface area contributed by atoms with Crippen molar-refractivity contribution in [1.82, 2.24) is 9.55 Å². The minimum Gasteiger partial charge on any atom is -0.396 e. The summed E-state index contributed by atoms with van der Waals surface area (Å²) >= 11 is 0. The minimum absolute atomic E-state index is 0.0102. The molecule has 26 heavy (non-hydrogen) atoms. The number of nitrogens with zero attached hydrogens (tertiary/aromatic N) is 2. The van der Waals surface area contributed by atoms with Crippen molar-refractivity contribution in [3.8, 4) is 11.3 Å². The molecule has 1 aromatic heterocycles. The number of hydrogen-bond acceptors (Lipinski definition) is 4. The van der Waals surface area contributed by atoms with E-state index in [1.165, 1.54) is 5.56 Å². The SMILES string of the molecule is C=C(C)Cn1c(NCCCO)nc2c(c1=O)C(C)(C)Cc1ccccc1-2. The zero-order valence-electron chi connectivity index (χ0n) is 15.8. The predicted molar refractivity (Wildman–Crippen MR) is 106 cm³/mol. The van der Waals surface area contributed by atoms with Crippen molar-refractivity contribution in [2.75, 3.05) is 18.5 Å².